The molecule has 0 saturated carbocycles. The van der Waals surface area contributed by atoms with Crippen molar-refractivity contribution in [3.05, 3.63) is 22.7 Å². The number of aliphatic hydroxyl groups excluding tert-OH is 1. The van der Waals surface area contributed by atoms with Crippen LogP contribution in [0.25, 0.3) is 0 Å². The number of halogens is 1. The predicted molar refractivity (Wildman–Crippen MR) is 70.8 cm³/mol. The topological polar surface area (TPSA) is 146 Å². The van der Waals surface area contributed by atoms with Crippen LogP contribution < -0.4 is 11.4 Å². The molecule has 2 rings (SSSR count). The van der Waals surface area contributed by atoms with E-state index >= 15 is 0 Å². The van der Waals surface area contributed by atoms with Gasteiger partial charge in [0.15, 0.2) is 18.5 Å². The van der Waals surface area contributed by atoms with Gasteiger partial charge in [-0.2, -0.15) is 4.98 Å². The molecule has 0 aliphatic carbocycles. The van der Waals surface area contributed by atoms with Crippen LogP contribution in [-0.4, -0.2) is 51.3 Å². The molecule has 0 spiro atoms. The summed E-state index contributed by atoms with van der Waals surface area (Å²) in [6.45, 7) is -0.864. The maximum Gasteiger partial charge on any atom is 0.351 e. The van der Waals surface area contributed by atoms with Crippen molar-refractivity contribution in [1.29, 1.82) is 0 Å². The summed E-state index contributed by atoms with van der Waals surface area (Å²) in [5, 5.41) is 9.40. The van der Waals surface area contributed by atoms with Gasteiger partial charge >= 0.3 is 13.9 Å². The molecule has 12 heteroatoms. The number of hydrogen-bond donors (Lipinski definition) is 3. The van der Waals surface area contributed by atoms with Crippen LogP contribution in [0.4, 0.5) is 10.2 Å². The third kappa shape index (κ3) is 2.91. The summed E-state index contributed by atoms with van der Waals surface area (Å²) in [4.78, 5) is 24.1. The number of nitrogens with zero attached hydrogens (tertiary/aromatic N) is 2. The van der Waals surface area contributed by atoms with Crippen molar-refractivity contribution >= 4 is 14.1 Å². The number of hydrogen-bond acceptors (Lipinski definition) is 8. The Kier molecular flexibility index (Phi) is 4.95. The molecule has 4 N–H and O–H groups in total. The Morgan fingerprint density at radius 3 is 2.86 bits per heavy atom. The maximum atomic E-state index is 14.6. The Morgan fingerprint density at radius 1 is 1.68 bits per heavy atom. The lowest BCUT2D eigenvalue weighted by Crippen LogP contribution is -2.47. The molecule has 2 unspecified atom stereocenters. The van der Waals surface area contributed by atoms with Crippen molar-refractivity contribution in [3.8, 4) is 0 Å². The van der Waals surface area contributed by atoms with E-state index < -0.39 is 44.8 Å². The van der Waals surface area contributed by atoms with Crippen LogP contribution in [0.5, 0.6) is 0 Å². The van der Waals surface area contributed by atoms with E-state index in [1.165, 1.54) is 6.07 Å². The SMILES string of the molecule is CO[C@]1(CO)O[C@@H](n2ccc(N)nc2=O)[C@@H](F)C1O[PH](=O)O. The largest absolute Gasteiger partial charge is 0.391 e. The highest BCUT2D eigenvalue weighted by atomic mass is 31.1. The monoisotopic (exact) mass is 339 g/mol. The first-order chi connectivity index (χ1) is 10.3. The van der Waals surface area contributed by atoms with E-state index in [2.05, 4.69) is 9.51 Å². The predicted octanol–water partition coefficient (Wildman–Crippen LogP) is -1.21. The Morgan fingerprint density at radius 2 is 2.36 bits per heavy atom. The van der Waals surface area contributed by atoms with Gasteiger partial charge < -0.3 is 25.2 Å². The molecule has 5 atom stereocenters. The second-order valence-corrected chi connectivity index (χ2v) is 5.24. The van der Waals surface area contributed by atoms with E-state index in [0.717, 1.165) is 17.9 Å². The molecule has 10 nitrogen and oxygen atoms in total. The molecule has 0 aromatic carbocycles. The van der Waals surface area contributed by atoms with Crippen molar-refractivity contribution in [1.82, 2.24) is 9.55 Å². The van der Waals surface area contributed by atoms with Gasteiger partial charge in [-0.1, -0.05) is 0 Å². The molecule has 2 heterocycles. The molecule has 1 aliphatic rings. The lowest BCUT2D eigenvalue weighted by Gasteiger charge is -2.29. The van der Waals surface area contributed by atoms with E-state index in [4.69, 9.17) is 20.1 Å². The fourth-order valence-electron chi connectivity index (χ4n) is 2.18. The van der Waals surface area contributed by atoms with Gasteiger partial charge in [0.25, 0.3) is 0 Å². The van der Waals surface area contributed by atoms with Crippen molar-refractivity contribution < 1.29 is 33.0 Å². The lowest BCUT2D eigenvalue weighted by molar-refractivity contribution is -0.266. The van der Waals surface area contributed by atoms with Crippen molar-refractivity contribution in [2.24, 2.45) is 0 Å². The average molecular weight is 339 g/mol. The Labute approximate surface area is 124 Å². The number of alkyl halides is 1. The molecular weight excluding hydrogens is 324 g/mol. The summed E-state index contributed by atoms with van der Waals surface area (Å²) >= 11 is 0. The number of aromatic nitrogens is 2. The van der Waals surface area contributed by atoms with Gasteiger partial charge in [0, 0.05) is 13.3 Å². The highest BCUT2D eigenvalue weighted by molar-refractivity contribution is 7.32. The average Bonchev–Trinajstić information content (AvgIpc) is 2.73. The van der Waals surface area contributed by atoms with Crippen LogP contribution in [0, 0.1) is 0 Å². The molecule has 1 saturated heterocycles. The fraction of sp³-hybridized carbons (Fsp3) is 0.600. The summed E-state index contributed by atoms with van der Waals surface area (Å²) in [6.07, 6.45) is -4.21. The molecule has 1 aromatic heterocycles. The minimum Gasteiger partial charge on any atom is -0.391 e. The fourth-order valence-corrected chi connectivity index (χ4v) is 2.70. The number of aliphatic hydroxyl groups is 1. The van der Waals surface area contributed by atoms with E-state index in [9.17, 15) is 18.9 Å². The van der Waals surface area contributed by atoms with E-state index in [-0.39, 0.29) is 5.82 Å². The summed E-state index contributed by atoms with van der Waals surface area (Å²) in [7, 11) is -2.45. The van der Waals surface area contributed by atoms with Gasteiger partial charge in [0.2, 0.25) is 5.79 Å². The molecule has 22 heavy (non-hydrogen) atoms. The van der Waals surface area contributed by atoms with E-state index in [1.807, 2.05) is 0 Å². The van der Waals surface area contributed by atoms with Gasteiger partial charge in [-0.15, -0.1) is 0 Å². The van der Waals surface area contributed by atoms with Crippen LogP contribution in [0.2, 0.25) is 0 Å². The minimum atomic E-state index is -3.55. The molecule has 124 valence electrons. The molecular formula is C10H15FN3O7P. The molecule has 0 radical (unpaired) electrons. The van der Waals surface area contributed by atoms with Crippen molar-refractivity contribution in [3.63, 3.8) is 0 Å². The first kappa shape index (κ1) is 17.0. The molecule has 1 aliphatic heterocycles. The van der Waals surface area contributed by atoms with Crippen molar-refractivity contribution in [2.75, 3.05) is 19.5 Å². The first-order valence-corrected chi connectivity index (χ1v) is 7.33. The van der Waals surface area contributed by atoms with E-state index in [0.29, 0.717) is 0 Å². The van der Waals surface area contributed by atoms with Gasteiger partial charge in [-0.25, -0.2) is 9.18 Å². The number of nitrogen functional groups attached to an aromatic ring is 1. The normalized spacial score (nSPS) is 33.0. The van der Waals surface area contributed by atoms with Crippen LogP contribution in [-0.2, 0) is 18.6 Å². The van der Waals surface area contributed by atoms with Crippen molar-refractivity contribution in [2.45, 2.75) is 24.3 Å². The van der Waals surface area contributed by atoms with Gasteiger partial charge in [0.05, 0.1) is 0 Å². The lowest BCUT2D eigenvalue weighted by atomic mass is 10.1. The molecule has 0 amide bonds. The second kappa shape index (κ2) is 6.41. The van der Waals surface area contributed by atoms with Gasteiger partial charge in [0.1, 0.15) is 12.4 Å². The zero-order valence-electron chi connectivity index (χ0n) is 11.4. The summed E-state index contributed by atoms with van der Waals surface area (Å²) in [5.74, 6) is -2.10. The van der Waals surface area contributed by atoms with Crippen LogP contribution >= 0.6 is 8.25 Å². The number of rotatable bonds is 5. The quantitative estimate of drug-likeness (QED) is 0.562. The van der Waals surface area contributed by atoms with Crippen LogP contribution in [0.15, 0.2) is 17.1 Å². The number of anilines is 1. The molecule has 1 fully saturated rings. The smallest absolute Gasteiger partial charge is 0.351 e. The number of ether oxygens (including phenoxy) is 2. The summed E-state index contributed by atoms with van der Waals surface area (Å²) < 4.78 is 41.0. The maximum absolute atomic E-state index is 14.6. The first-order valence-electron chi connectivity index (χ1n) is 6.07. The third-order valence-corrected chi connectivity index (χ3v) is 3.69. The molecule has 0 bridgehead atoms. The van der Waals surface area contributed by atoms with E-state index in [1.54, 1.807) is 0 Å². The Bertz CT molecular complexity index is 623. The van der Waals surface area contributed by atoms with Gasteiger partial charge in [-0.3, -0.25) is 13.7 Å². The highest BCUT2D eigenvalue weighted by Crippen LogP contribution is 2.43. The minimum absolute atomic E-state index is 0.0666. The Hall–Kier alpha value is -1.36. The zero-order valence-corrected chi connectivity index (χ0v) is 12.4. The zero-order chi connectivity index (χ0) is 16.5. The second-order valence-electron chi connectivity index (χ2n) is 4.47. The summed E-state index contributed by atoms with van der Waals surface area (Å²) in [5.41, 5.74) is 4.45. The number of methoxy groups -OCH3 is 1. The van der Waals surface area contributed by atoms with Crippen LogP contribution in [0.1, 0.15) is 6.23 Å². The Balaban J connectivity index is 2.42. The molecule has 1 aromatic rings. The number of nitrogens with two attached hydrogens (primary N) is 1. The standard InChI is InChI=1S/C10H15FN3O7P/c1-19-10(4-15)7(21-22(17)18)6(11)8(20-10)14-3-2-5(12)13-9(14)16/h2-3,6-8,15,22H,4H2,1H3,(H,17,18)(H2,12,13,16)/t6-,7?,8+,10+/m0/s1. The summed E-state index contributed by atoms with van der Waals surface area (Å²) in [6, 6.07) is 1.24. The van der Waals surface area contributed by atoms with Gasteiger partial charge in [-0.05, 0) is 6.07 Å². The third-order valence-electron chi connectivity index (χ3n) is 3.23. The van der Waals surface area contributed by atoms with Crippen LogP contribution in [0.3, 0.4) is 0 Å². The highest BCUT2D eigenvalue weighted by Gasteiger charge is 2.59.